The molecule has 0 radical (unpaired) electrons. The Hall–Kier alpha value is -4.21. The zero-order chi connectivity index (χ0) is 24.7. The van der Waals surface area contributed by atoms with Crippen molar-refractivity contribution in [2.75, 3.05) is 25.5 Å². The predicted octanol–water partition coefficient (Wildman–Crippen LogP) is 5.13. The van der Waals surface area contributed by atoms with Crippen LogP contribution in [0.4, 0.5) is 23.2 Å². The van der Waals surface area contributed by atoms with Gasteiger partial charge in [-0.15, -0.1) is 0 Å². The Morgan fingerprint density at radius 1 is 1.00 bits per heavy atom. The van der Waals surface area contributed by atoms with Crippen molar-refractivity contribution in [2.45, 2.75) is 6.18 Å². The molecule has 5 rings (SSSR count). The van der Waals surface area contributed by atoms with Gasteiger partial charge in [0.1, 0.15) is 23.0 Å². The van der Waals surface area contributed by atoms with Crippen molar-refractivity contribution in [1.82, 2.24) is 14.7 Å². The molecule has 1 aromatic heterocycles. The highest BCUT2D eigenvalue weighted by Crippen LogP contribution is 2.31. The fraction of sp³-hybridized carbons (Fsp3) is 0.160. The van der Waals surface area contributed by atoms with Crippen LogP contribution in [0, 0.1) is 5.82 Å². The molecule has 0 atom stereocenters. The van der Waals surface area contributed by atoms with E-state index in [2.05, 4.69) is 15.4 Å². The van der Waals surface area contributed by atoms with Crippen LogP contribution < -0.4 is 5.32 Å². The molecule has 178 valence electrons. The summed E-state index contributed by atoms with van der Waals surface area (Å²) in [5.74, 6) is -0.841. The van der Waals surface area contributed by atoms with Crippen molar-refractivity contribution in [3.8, 4) is 5.69 Å². The lowest BCUT2D eigenvalue weighted by Gasteiger charge is -2.14. The number of nitrogens with one attached hydrogen (secondary N) is 1. The molecular weight excluding hydrogens is 462 g/mol. The SMILES string of the molecule is CN1CCN=C1c1ccc(NC(=O)c2cc(C(F)(F)F)nn2-c2cc3ccccc3cc2F)cc1. The number of nitrogens with zero attached hydrogens (tertiary/aromatic N) is 4. The van der Waals surface area contributed by atoms with Crippen LogP contribution in [0.1, 0.15) is 21.7 Å². The quantitative estimate of drug-likeness (QED) is 0.411. The van der Waals surface area contributed by atoms with Crippen LogP contribution >= 0.6 is 0 Å². The first-order valence-electron chi connectivity index (χ1n) is 10.7. The summed E-state index contributed by atoms with van der Waals surface area (Å²) in [5, 5.41) is 7.26. The Morgan fingerprint density at radius 3 is 2.31 bits per heavy atom. The normalized spacial score (nSPS) is 13.9. The lowest BCUT2D eigenvalue weighted by Crippen LogP contribution is -2.23. The number of benzene rings is 3. The molecule has 4 aromatic rings. The van der Waals surface area contributed by atoms with E-state index in [4.69, 9.17) is 0 Å². The summed E-state index contributed by atoms with van der Waals surface area (Å²) in [6, 6.07) is 16.8. The zero-order valence-corrected chi connectivity index (χ0v) is 18.5. The number of likely N-dealkylation sites (N-methyl/N-ethyl adjacent to an activating group) is 1. The van der Waals surface area contributed by atoms with Crippen LogP contribution in [0.2, 0.25) is 0 Å². The molecule has 0 spiro atoms. The number of amidine groups is 1. The van der Waals surface area contributed by atoms with Crippen LogP contribution in [0.15, 0.2) is 71.7 Å². The third-order valence-corrected chi connectivity index (χ3v) is 5.74. The van der Waals surface area contributed by atoms with E-state index in [1.807, 2.05) is 11.9 Å². The minimum Gasteiger partial charge on any atom is -0.358 e. The molecule has 0 saturated carbocycles. The van der Waals surface area contributed by atoms with E-state index in [1.165, 1.54) is 12.1 Å². The van der Waals surface area contributed by atoms with Gasteiger partial charge in [0.05, 0.1) is 6.54 Å². The number of alkyl halides is 3. The van der Waals surface area contributed by atoms with E-state index in [-0.39, 0.29) is 5.69 Å². The molecule has 1 aliphatic heterocycles. The second-order valence-electron chi connectivity index (χ2n) is 8.13. The van der Waals surface area contributed by atoms with Crippen molar-refractivity contribution >= 4 is 28.2 Å². The molecule has 35 heavy (non-hydrogen) atoms. The lowest BCUT2D eigenvalue weighted by atomic mass is 10.1. The van der Waals surface area contributed by atoms with Gasteiger partial charge < -0.3 is 10.2 Å². The molecular formula is C25H19F4N5O. The predicted molar refractivity (Wildman–Crippen MR) is 124 cm³/mol. The van der Waals surface area contributed by atoms with Crippen molar-refractivity contribution in [1.29, 1.82) is 0 Å². The highest BCUT2D eigenvalue weighted by molar-refractivity contribution is 6.04. The molecule has 0 aliphatic carbocycles. The Bertz CT molecular complexity index is 1460. The monoisotopic (exact) mass is 481 g/mol. The number of aliphatic imine (C=N–C) groups is 1. The standard InChI is InChI=1S/C25H19F4N5O/c1-33-11-10-30-23(33)15-6-8-18(9-7-15)31-24(35)21-14-22(25(27,28)29)32-34(21)20-13-17-5-3-2-4-16(17)12-19(20)26/h2-9,12-14H,10-11H2,1H3,(H,31,35). The molecule has 6 nitrogen and oxygen atoms in total. The van der Waals surface area contributed by atoms with Gasteiger partial charge in [0.15, 0.2) is 5.69 Å². The molecule has 0 bridgehead atoms. The van der Waals surface area contributed by atoms with Crippen LogP contribution in [-0.2, 0) is 6.18 Å². The first kappa shape index (κ1) is 22.6. The second-order valence-corrected chi connectivity index (χ2v) is 8.13. The number of hydrogen-bond donors (Lipinski definition) is 1. The summed E-state index contributed by atoms with van der Waals surface area (Å²) < 4.78 is 56.0. The van der Waals surface area contributed by atoms with E-state index in [0.717, 1.165) is 17.9 Å². The smallest absolute Gasteiger partial charge is 0.358 e. The van der Waals surface area contributed by atoms with Crippen LogP contribution in [0.5, 0.6) is 0 Å². The average molecular weight is 481 g/mol. The maximum atomic E-state index is 14.9. The van der Waals surface area contributed by atoms with E-state index in [9.17, 15) is 22.4 Å². The highest BCUT2D eigenvalue weighted by Gasteiger charge is 2.36. The summed E-state index contributed by atoms with van der Waals surface area (Å²) in [6.07, 6.45) is -4.82. The van der Waals surface area contributed by atoms with E-state index >= 15 is 0 Å². The molecule has 1 aliphatic rings. The number of carbonyl (C=O) groups excluding carboxylic acids is 1. The number of hydrogen-bond acceptors (Lipinski definition) is 4. The molecule has 0 unspecified atom stereocenters. The molecule has 3 aromatic carbocycles. The van der Waals surface area contributed by atoms with Crippen LogP contribution in [0.3, 0.4) is 0 Å². The van der Waals surface area contributed by atoms with Crippen molar-refractivity contribution < 1.29 is 22.4 Å². The van der Waals surface area contributed by atoms with Gasteiger partial charge in [0.2, 0.25) is 0 Å². The van der Waals surface area contributed by atoms with Crippen molar-refractivity contribution in [3.63, 3.8) is 0 Å². The van der Waals surface area contributed by atoms with Gasteiger partial charge in [0, 0.05) is 30.9 Å². The maximum absolute atomic E-state index is 14.9. The molecule has 10 heteroatoms. The van der Waals surface area contributed by atoms with E-state index in [1.54, 1.807) is 48.5 Å². The number of amides is 1. The second kappa shape index (κ2) is 8.53. The van der Waals surface area contributed by atoms with Gasteiger partial charge in [-0.3, -0.25) is 9.79 Å². The van der Waals surface area contributed by atoms with Gasteiger partial charge in [-0.25, -0.2) is 9.07 Å². The zero-order valence-electron chi connectivity index (χ0n) is 18.5. The first-order valence-corrected chi connectivity index (χ1v) is 10.7. The van der Waals surface area contributed by atoms with Crippen LogP contribution in [-0.4, -0.2) is 46.6 Å². The fourth-order valence-electron chi connectivity index (χ4n) is 3.97. The average Bonchev–Trinajstić information content (AvgIpc) is 3.46. The van der Waals surface area contributed by atoms with Gasteiger partial charge in [0.25, 0.3) is 5.91 Å². The van der Waals surface area contributed by atoms with Crippen molar-refractivity contribution in [2.24, 2.45) is 4.99 Å². The lowest BCUT2D eigenvalue weighted by molar-refractivity contribution is -0.141. The third-order valence-electron chi connectivity index (χ3n) is 5.74. The molecule has 0 fully saturated rings. The van der Waals surface area contributed by atoms with Gasteiger partial charge in [-0.1, -0.05) is 24.3 Å². The number of carbonyl (C=O) groups is 1. The molecule has 0 saturated heterocycles. The Balaban J connectivity index is 1.50. The number of aromatic nitrogens is 2. The summed E-state index contributed by atoms with van der Waals surface area (Å²) in [4.78, 5) is 19.5. The molecule has 1 N–H and O–H groups in total. The van der Waals surface area contributed by atoms with Gasteiger partial charge >= 0.3 is 6.18 Å². The highest BCUT2D eigenvalue weighted by atomic mass is 19.4. The van der Waals surface area contributed by atoms with Crippen molar-refractivity contribution in [3.05, 3.63) is 89.5 Å². The number of fused-ring (bicyclic) bond motifs is 1. The number of rotatable bonds is 4. The number of anilines is 1. The van der Waals surface area contributed by atoms with E-state index < -0.39 is 29.3 Å². The van der Waals surface area contributed by atoms with Crippen LogP contribution in [0.25, 0.3) is 16.5 Å². The summed E-state index contributed by atoms with van der Waals surface area (Å²) in [5.41, 5.74) is -0.795. The third kappa shape index (κ3) is 4.34. The summed E-state index contributed by atoms with van der Waals surface area (Å²) >= 11 is 0. The maximum Gasteiger partial charge on any atom is 0.435 e. The number of halogens is 4. The first-order chi connectivity index (χ1) is 16.7. The minimum atomic E-state index is -4.82. The topological polar surface area (TPSA) is 62.5 Å². The van der Waals surface area contributed by atoms with Gasteiger partial charge in [-0.2, -0.15) is 18.3 Å². The molecule has 2 heterocycles. The summed E-state index contributed by atoms with van der Waals surface area (Å²) in [7, 11) is 1.92. The van der Waals surface area contributed by atoms with Gasteiger partial charge in [-0.05, 0) is 47.2 Å². The summed E-state index contributed by atoms with van der Waals surface area (Å²) in [6.45, 7) is 1.51. The fourth-order valence-corrected chi connectivity index (χ4v) is 3.97. The minimum absolute atomic E-state index is 0.262. The Morgan fingerprint density at radius 2 is 1.69 bits per heavy atom. The Kier molecular flexibility index (Phi) is 5.50. The van der Waals surface area contributed by atoms with E-state index in [0.29, 0.717) is 33.8 Å². The Labute approximate surface area is 197 Å². The molecule has 1 amide bonds. The largest absolute Gasteiger partial charge is 0.435 e.